The minimum absolute atomic E-state index is 0.0241. The van der Waals surface area contributed by atoms with Gasteiger partial charge in [0, 0.05) is 0 Å². The van der Waals surface area contributed by atoms with Crippen LogP contribution in [0.4, 0.5) is 0 Å². The van der Waals surface area contributed by atoms with Crippen LogP contribution >= 0.6 is 0 Å². The van der Waals surface area contributed by atoms with Gasteiger partial charge in [-0.25, -0.2) is 9.78 Å². The highest BCUT2D eigenvalue weighted by atomic mass is 16.5. The monoisotopic (exact) mass is 243 g/mol. The van der Waals surface area contributed by atoms with Gasteiger partial charge in [-0.15, -0.1) is 0 Å². The minimum Gasteiger partial charge on any atom is -0.484 e. The Labute approximate surface area is 105 Å². The van der Waals surface area contributed by atoms with Crippen molar-refractivity contribution in [2.45, 2.75) is 13.0 Å². The Morgan fingerprint density at radius 1 is 1.17 bits per heavy atom. The largest absolute Gasteiger partial charge is 0.484 e. The van der Waals surface area contributed by atoms with Gasteiger partial charge in [-0.05, 0) is 31.2 Å². The fourth-order valence-electron chi connectivity index (χ4n) is 1.56. The summed E-state index contributed by atoms with van der Waals surface area (Å²) in [4.78, 5) is 14.9. The van der Waals surface area contributed by atoms with Crippen LogP contribution in [0.1, 0.15) is 29.2 Å². The van der Waals surface area contributed by atoms with Gasteiger partial charge >= 0.3 is 5.97 Å². The van der Waals surface area contributed by atoms with E-state index in [-0.39, 0.29) is 11.8 Å². The van der Waals surface area contributed by atoms with Crippen molar-refractivity contribution in [3.05, 3.63) is 59.9 Å². The van der Waals surface area contributed by atoms with Crippen molar-refractivity contribution in [3.8, 4) is 5.75 Å². The first-order chi connectivity index (χ1) is 8.66. The number of nitrogens with zero attached hydrogens (tertiary/aromatic N) is 1. The summed E-state index contributed by atoms with van der Waals surface area (Å²) >= 11 is 0. The van der Waals surface area contributed by atoms with Gasteiger partial charge in [0.05, 0.1) is 5.69 Å². The molecule has 0 saturated carbocycles. The quantitative estimate of drug-likeness (QED) is 0.896. The Hall–Kier alpha value is -2.36. The number of pyridine rings is 1. The van der Waals surface area contributed by atoms with Crippen molar-refractivity contribution in [2.24, 2.45) is 0 Å². The van der Waals surface area contributed by atoms with Crippen LogP contribution in [0.3, 0.4) is 0 Å². The highest BCUT2D eigenvalue weighted by molar-refractivity contribution is 5.85. The van der Waals surface area contributed by atoms with Crippen molar-refractivity contribution in [2.75, 3.05) is 0 Å². The maximum atomic E-state index is 10.8. The number of carbonyl (C=O) groups is 1. The van der Waals surface area contributed by atoms with Crippen LogP contribution < -0.4 is 4.74 Å². The molecule has 4 heteroatoms. The Kier molecular flexibility index (Phi) is 3.57. The van der Waals surface area contributed by atoms with E-state index in [1.54, 1.807) is 12.1 Å². The van der Waals surface area contributed by atoms with Crippen molar-refractivity contribution in [1.82, 2.24) is 4.98 Å². The predicted molar refractivity (Wildman–Crippen MR) is 66.7 cm³/mol. The van der Waals surface area contributed by atoms with Crippen molar-refractivity contribution >= 4 is 5.97 Å². The van der Waals surface area contributed by atoms with Gasteiger partial charge in [0.1, 0.15) is 17.5 Å². The molecule has 1 heterocycles. The number of aromatic carboxylic acids is 1. The fraction of sp³-hybridized carbons (Fsp3) is 0.143. The summed E-state index contributed by atoms with van der Waals surface area (Å²) in [5.41, 5.74) is 0.620. The molecule has 0 bridgehead atoms. The zero-order chi connectivity index (χ0) is 13.0. The van der Waals surface area contributed by atoms with Crippen LogP contribution in [0, 0.1) is 0 Å². The van der Waals surface area contributed by atoms with Gasteiger partial charge < -0.3 is 9.84 Å². The number of carboxylic acids is 1. The summed E-state index contributed by atoms with van der Waals surface area (Å²) in [5, 5.41) is 8.88. The molecule has 4 nitrogen and oxygen atoms in total. The molecule has 1 aromatic carbocycles. The molecule has 2 aromatic rings. The van der Waals surface area contributed by atoms with Crippen molar-refractivity contribution in [3.63, 3.8) is 0 Å². The topological polar surface area (TPSA) is 59.4 Å². The third-order valence-electron chi connectivity index (χ3n) is 2.46. The van der Waals surface area contributed by atoms with Crippen LogP contribution in [0.15, 0.2) is 48.5 Å². The summed E-state index contributed by atoms with van der Waals surface area (Å²) in [6.07, 6.45) is -0.299. The van der Waals surface area contributed by atoms with Gasteiger partial charge in [-0.2, -0.15) is 0 Å². The average Bonchev–Trinajstić information content (AvgIpc) is 2.40. The summed E-state index contributed by atoms with van der Waals surface area (Å²) in [5.74, 6) is -0.309. The van der Waals surface area contributed by atoms with Crippen LogP contribution in [-0.2, 0) is 0 Å². The minimum atomic E-state index is -1.04. The average molecular weight is 243 g/mol. The molecule has 0 radical (unpaired) electrons. The zero-order valence-corrected chi connectivity index (χ0v) is 9.91. The van der Waals surface area contributed by atoms with E-state index in [4.69, 9.17) is 9.84 Å². The van der Waals surface area contributed by atoms with Gasteiger partial charge in [-0.3, -0.25) is 0 Å². The molecule has 92 valence electrons. The molecule has 1 atom stereocenters. The third-order valence-corrected chi connectivity index (χ3v) is 2.46. The molecule has 1 aromatic heterocycles. The van der Waals surface area contributed by atoms with E-state index in [1.807, 2.05) is 37.3 Å². The van der Waals surface area contributed by atoms with E-state index in [1.165, 1.54) is 6.07 Å². The third kappa shape index (κ3) is 2.85. The number of ether oxygens (including phenoxy) is 1. The molecule has 0 amide bonds. The molecule has 0 saturated heterocycles. The first-order valence-electron chi connectivity index (χ1n) is 5.59. The van der Waals surface area contributed by atoms with Crippen molar-refractivity contribution < 1.29 is 14.6 Å². The lowest BCUT2D eigenvalue weighted by atomic mass is 10.2. The van der Waals surface area contributed by atoms with E-state index in [0.29, 0.717) is 5.69 Å². The molecule has 0 fully saturated rings. The molecule has 1 unspecified atom stereocenters. The highest BCUT2D eigenvalue weighted by Gasteiger charge is 2.11. The Balaban J connectivity index is 2.16. The summed E-state index contributed by atoms with van der Waals surface area (Å²) < 4.78 is 5.68. The van der Waals surface area contributed by atoms with Crippen molar-refractivity contribution in [1.29, 1.82) is 0 Å². The number of hydrogen-bond donors (Lipinski definition) is 1. The summed E-state index contributed by atoms with van der Waals surface area (Å²) in [6, 6.07) is 14.2. The number of hydrogen-bond acceptors (Lipinski definition) is 3. The normalized spacial score (nSPS) is 11.8. The molecule has 0 spiro atoms. The van der Waals surface area contributed by atoms with E-state index in [0.717, 1.165) is 5.75 Å². The predicted octanol–water partition coefficient (Wildman–Crippen LogP) is 2.92. The Morgan fingerprint density at radius 2 is 1.89 bits per heavy atom. The standard InChI is InChI=1S/C14H13NO3/c1-10(18-11-6-3-2-4-7-11)12-8-5-9-13(15-12)14(16)17/h2-10H,1H3,(H,16,17). The fourth-order valence-corrected chi connectivity index (χ4v) is 1.56. The molecule has 18 heavy (non-hydrogen) atoms. The van der Waals surface area contributed by atoms with Crippen LogP contribution in [0.25, 0.3) is 0 Å². The van der Waals surface area contributed by atoms with E-state index in [9.17, 15) is 4.79 Å². The number of carboxylic acid groups (broad SMARTS) is 1. The lowest BCUT2D eigenvalue weighted by molar-refractivity contribution is 0.0689. The molecule has 0 aliphatic heterocycles. The Morgan fingerprint density at radius 3 is 2.56 bits per heavy atom. The summed E-state index contributed by atoms with van der Waals surface area (Å²) in [6.45, 7) is 1.83. The smallest absolute Gasteiger partial charge is 0.354 e. The number of benzene rings is 1. The molecular formula is C14H13NO3. The van der Waals surface area contributed by atoms with E-state index >= 15 is 0 Å². The molecular weight excluding hydrogens is 230 g/mol. The maximum Gasteiger partial charge on any atom is 0.354 e. The van der Waals surface area contributed by atoms with E-state index < -0.39 is 5.97 Å². The maximum absolute atomic E-state index is 10.8. The van der Waals surface area contributed by atoms with Gasteiger partial charge in [-0.1, -0.05) is 24.3 Å². The number of aromatic nitrogens is 1. The summed E-state index contributed by atoms with van der Waals surface area (Å²) in [7, 11) is 0. The molecule has 2 rings (SSSR count). The number of para-hydroxylation sites is 1. The SMILES string of the molecule is CC(Oc1ccccc1)c1cccc(C(=O)O)n1. The first-order valence-corrected chi connectivity index (χ1v) is 5.59. The highest BCUT2D eigenvalue weighted by Crippen LogP contribution is 2.19. The second-order valence-electron chi connectivity index (χ2n) is 3.83. The second-order valence-corrected chi connectivity index (χ2v) is 3.83. The molecule has 0 aliphatic carbocycles. The van der Waals surface area contributed by atoms with Crippen LogP contribution in [0.5, 0.6) is 5.75 Å². The van der Waals surface area contributed by atoms with Crippen LogP contribution in [0.2, 0.25) is 0 Å². The lowest BCUT2D eigenvalue weighted by Gasteiger charge is -2.14. The van der Waals surface area contributed by atoms with Gasteiger partial charge in [0.2, 0.25) is 0 Å². The van der Waals surface area contributed by atoms with E-state index in [2.05, 4.69) is 4.98 Å². The first kappa shape index (κ1) is 12.1. The van der Waals surface area contributed by atoms with Gasteiger partial charge in [0.25, 0.3) is 0 Å². The second kappa shape index (κ2) is 5.31. The Bertz CT molecular complexity index is 540. The lowest BCUT2D eigenvalue weighted by Crippen LogP contribution is -2.09. The van der Waals surface area contributed by atoms with Crippen LogP contribution in [-0.4, -0.2) is 16.1 Å². The molecule has 1 N–H and O–H groups in total. The number of rotatable bonds is 4. The zero-order valence-electron chi connectivity index (χ0n) is 9.91. The van der Waals surface area contributed by atoms with Gasteiger partial charge in [0.15, 0.2) is 0 Å². The molecule has 0 aliphatic rings.